The maximum atomic E-state index is 11.8. The quantitative estimate of drug-likeness (QED) is 0.719. The van der Waals surface area contributed by atoms with Crippen molar-refractivity contribution >= 4 is 17.2 Å². The highest BCUT2D eigenvalue weighted by molar-refractivity contribution is 7.12. The van der Waals surface area contributed by atoms with Crippen LogP contribution >= 0.6 is 11.3 Å². The molecule has 20 heavy (non-hydrogen) atoms. The van der Waals surface area contributed by atoms with Gasteiger partial charge in [0.2, 0.25) is 0 Å². The first-order valence-electron chi connectivity index (χ1n) is 7.09. The summed E-state index contributed by atoms with van der Waals surface area (Å²) in [5.41, 5.74) is 0. The molecule has 1 aliphatic heterocycles. The molecule has 6 heteroatoms. The molecule has 0 unspecified atom stereocenters. The Bertz CT molecular complexity index is 447. The molecule has 0 spiro atoms. The fraction of sp³-hybridized carbons (Fsp3) is 0.643. The molecule has 3 N–H and O–H groups in total. The Morgan fingerprint density at radius 3 is 3.00 bits per heavy atom. The second-order valence-corrected chi connectivity index (χ2v) is 6.46. The van der Waals surface area contributed by atoms with E-state index in [2.05, 4.69) is 10.6 Å². The summed E-state index contributed by atoms with van der Waals surface area (Å²) in [5.74, 6) is 0.671. The second-order valence-electron chi connectivity index (χ2n) is 5.51. The van der Waals surface area contributed by atoms with E-state index in [4.69, 9.17) is 4.74 Å². The summed E-state index contributed by atoms with van der Waals surface area (Å²) in [5, 5.41) is 18.2. The number of carbonyl (C=O) groups is 1. The molecule has 0 aromatic carbocycles. The number of ether oxygens (including phenoxy) is 1. The molecule has 0 radical (unpaired) electrons. The molecule has 2 aliphatic rings. The van der Waals surface area contributed by atoms with E-state index >= 15 is 0 Å². The van der Waals surface area contributed by atoms with Gasteiger partial charge in [-0.05, 0) is 36.8 Å². The maximum absolute atomic E-state index is 11.8. The highest BCUT2D eigenvalue weighted by Gasteiger charge is 2.36. The van der Waals surface area contributed by atoms with Crippen molar-refractivity contribution in [1.29, 1.82) is 0 Å². The van der Waals surface area contributed by atoms with Gasteiger partial charge in [-0.3, -0.25) is 4.79 Å². The summed E-state index contributed by atoms with van der Waals surface area (Å²) in [6, 6.07) is 3.61. The average Bonchev–Trinajstić information content (AvgIpc) is 2.99. The van der Waals surface area contributed by atoms with Crippen LogP contribution in [0.3, 0.4) is 0 Å². The maximum Gasteiger partial charge on any atom is 0.261 e. The largest absolute Gasteiger partial charge is 0.389 e. The van der Waals surface area contributed by atoms with Crippen LogP contribution in [-0.2, 0) is 4.74 Å². The van der Waals surface area contributed by atoms with E-state index in [1.54, 1.807) is 6.07 Å². The average molecular weight is 296 g/mol. The molecule has 5 nitrogen and oxygen atoms in total. The molecule has 0 bridgehead atoms. The zero-order valence-corrected chi connectivity index (χ0v) is 12.1. The summed E-state index contributed by atoms with van der Waals surface area (Å²) < 4.78 is 5.57. The lowest BCUT2D eigenvalue weighted by Gasteiger charge is -2.18. The van der Waals surface area contributed by atoms with Gasteiger partial charge in [-0.2, -0.15) is 0 Å². The first-order valence-corrected chi connectivity index (χ1v) is 7.97. The summed E-state index contributed by atoms with van der Waals surface area (Å²) in [7, 11) is 0. The van der Waals surface area contributed by atoms with Gasteiger partial charge in [0, 0.05) is 6.54 Å². The van der Waals surface area contributed by atoms with Crippen LogP contribution < -0.4 is 10.6 Å². The van der Waals surface area contributed by atoms with Crippen molar-refractivity contribution in [1.82, 2.24) is 10.6 Å². The third-order valence-corrected chi connectivity index (χ3v) is 4.73. The predicted molar refractivity (Wildman–Crippen MR) is 76.9 cm³/mol. The topological polar surface area (TPSA) is 70.6 Å². The third-order valence-electron chi connectivity index (χ3n) is 3.86. The zero-order valence-electron chi connectivity index (χ0n) is 11.2. The fourth-order valence-electron chi connectivity index (χ4n) is 2.37. The van der Waals surface area contributed by atoms with E-state index in [-0.39, 0.29) is 18.1 Å². The molecule has 3 atom stereocenters. The van der Waals surface area contributed by atoms with Crippen LogP contribution in [0.15, 0.2) is 17.5 Å². The Kier molecular flexibility index (Phi) is 4.35. The molecule has 110 valence electrons. The number of rotatable bonds is 6. The van der Waals surface area contributed by atoms with Crippen LogP contribution in [-0.4, -0.2) is 49.0 Å². The van der Waals surface area contributed by atoms with Gasteiger partial charge in [-0.25, -0.2) is 0 Å². The van der Waals surface area contributed by atoms with Gasteiger partial charge in [0.15, 0.2) is 0 Å². The van der Waals surface area contributed by atoms with E-state index < -0.39 is 6.10 Å². The summed E-state index contributed by atoms with van der Waals surface area (Å²) in [6.45, 7) is 1.81. The highest BCUT2D eigenvalue weighted by Crippen LogP contribution is 2.28. The Morgan fingerprint density at radius 1 is 1.45 bits per heavy atom. The Morgan fingerprint density at radius 2 is 2.30 bits per heavy atom. The van der Waals surface area contributed by atoms with Gasteiger partial charge in [0.05, 0.1) is 23.6 Å². The molecule has 3 rings (SSSR count). The molecule has 1 aromatic heterocycles. The zero-order chi connectivity index (χ0) is 13.9. The summed E-state index contributed by atoms with van der Waals surface area (Å²) in [4.78, 5) is 12.5. The van der Waals surface area contributed by atoms with Gasteiger partial charge >= 0.3 is 0 Å². The van der Waals surface area contributed by atoms with Crippen molar-refractivity contribution in [2.24, 2.45) is 5.92 Å². The monoisotopic (exact) mass is 296 g/mol. The van der Waals surface area contributed by atoms with Gasteiger partial charge in [0.1, 0.15) is 6.10 Å². The molecular formula is C14H20N2O3S. The van der Waals surface area contributed by atoms with Crippen LogP contribution in [0, 0.1) is 5.92 Å². The predicted octanol–water partition coefficient (Wildman–Crippen LogP) is 0.606. The van der Waals surface area contributed by atoms with Crippen LogP contribution in [0.5, 0.6) is 0 Å². The van der Waals surface area contributed by atoms with Crippen LogP contribution in [0.4, 0.5) is 0 Å². The lowest BCUT2D eigenvalue weighted by molar-refractivity contribution is 0.0399. The summed E-state index contributed by atoms with van der Waals surface area (Å²) in [6.07, 6.45) is 1.70. The van der Waals surface area contributed by atoms with Gasteiger partial charge in [0.25, 0.3) is 5.91 Å². The van der Waals surface area contributed by atoms with E-state index in [0.717, 1.165) is 12.5 Å². The van der Waals surface area contributed by atoms with E-state index in [1.165, 1.54) is 24.2 Å². The number of aliphatic hydroxyl groups is 1. The van der Waals surface area contributed by atoms with Crippen molar-refractivity contribution in [2.75, 3.05) is 19.7 Å². The SMILES string of the molecule is O=C(NC[C@H]1OC[C@@H](NCC2CC2)[C@@H]1O)c1cccs1. The molecular weight excluding hydrogens is 276 g/mol. The van der Waals surface area contributed by atoms with Gasteiger partial charge in [-0.1, -0.05) is 6.07 Å². The number of hydrogen-bond acceptors (Lipinski definition) is 5. The first-order chi connectivity index (χ1) is 9.74. The highest BCUT2D eigenvalue weighted by atomic mass is 32.1. The van der Waals surface area contributed by atoms with E-state index in [1.807, 2.05) is 11.4 Å². The fourth-order valence-corrected chi connectivity index (χ4v) is 3.01. The van der Waals surface area contributed by atoms with Crippen LogP contribution in [0.2, 0.25) is 0 Å². The molecule has 1 amide bonds. The number of nitrogens with one attached hydrogen (secondary N) is 2. The van der Waals surface area contributed by atoms with Gasteiger partial charge in [-0.15, -0.1) is 11.3 Å². The lowest BCUT2D eigenvalue weighted by atomic mass is 10.1. The van der Waals surface area contributed by atoms with Crippen LogP contribution in [0.1, 0.15) is 22.5 Å². The Balaban J connectivity index is 1.42. The third kappa shape index (κ3) is 3.38. The normalized spacial score (nSPS) is 29.6. The molecule has 2 heterocycles. The number of amides is 1. The van der Waals surface area contributed by atoms with Crippen molar-refractivity contribution in [3.63, 3.8) is 0 Å². The molecule has 1 saturated heterocycles. The van der Waals surface area contributed by atoms with Crippen molar-refractivity contribution in [3.8, 4) is 0 Å². The van der Waals surface area contributed by atoms with E-state index in [0.29, 0.717) is 18.0 Å². The minimum Gasteiger partial charge on any atom is -0.389 e. The number of aliphatic hydroxyl groups excluding tert-OH is 1. The Hall–Kier alpha value is -0.950. The molecule has 1 saturated carbocycles. The lowest BCUT2D eigenvalue weighted by Crippen LogP contribution is -2.45. The van der Waals surface area contributed by atoms with Crippen LogP contribution in [0.25, 0.3) is 0 Å². The molecule has 1 aromatic rings. The minimum atomic E-state index is -0.558. The molecule has 1 aliphatic carbocycles. The molecule has 2 fully saturated rings. The Labute approximate surface area is 122 Å². The number of thiophene rings is 1. The smallest absolute Gasteiger partial charge is 0.261 e. The standard InChI is InChI=1S/C14H20N2O3S/c17-13-10(15-6-9-3-4-9)8-19-11(13)7-16-14(18)12-2-1-5-20-12/h1-2,5,9-11,13,15,17H,3-4,6-8H2,(H,16,18)/t10-,11-,13+/m1/s1. The second kappa shape index (κ2) is 6.22. The number of hydrogen-bond donors (Lipinski definition) is 3. The van der Waals surface area contributed by atoms with Crippen molar-refractivity contribution < 1.29 is 14.6 Å². The number of carbonyl (C=O) groups excluding carboxylic acids is 1. The van der Waals surface area contributed by atoms with Crippen molar-refractivity contribution in [2.45, 2.75) is 31.1 Å². The first kappa shape index (κ1) is 14.0. The minimum absolute atomic E-state index is 0.0146. The summed E-state index contributed by atoms with van der Waals surface area (Å²) >= 11 is 1.41. The van der Waals surface area contributed by atoms with Gasteiger partial charge < -0.3 is 20.5 Å². The van der Waals surface area contributed by atoms with E-state index in [9.17, 15) is 9.90 Å². The van der Waals surface area contributed by atoms with Crippen molar-refractivity contribution in [3.05, 3.63) is 22.4 Å².